The fourth-order valence-corrected chi connectivity index (χ4v) is 1.16. The average molecular weight is 240 g/mol. The zero-order chi connectivity index (χ0) is 12.2. The quantitative estimate of drug-likeness (QED) is 0.874. The molecule has 1 unspecified atom stereocenters. The molecule has 0 spiro atoms. The fraction of sp³-hybridized carbons (Fsp3) is 0.455. The number of ether oxygens (including phenoxy) is 1. The van der Waals surface area contributed by atoms with Crippen LogP contribution in [0.3, 0.4) is 0 Å². The van der Waals surface area contributed by atoms with Gasteiger partial charge in [0.15, 0.2) is 0 Å². The minimum atomic E-state index is -0.423. The van der Waals surface area contributed by atoms with Crippen molar-refractivity contribution in [1.29, 1.82) is 5.26 Å². The molecule has 5 heteroatoms. The summed E-state index contributed by atoms with van der Waals surface area (Å²) in [6.45, 7) is 4.17. The van der Waals surface area contributed by atoms with Crippen LogP contribution in [0.2, 0.25) is 5.02 Å². The van der Waals surface area contributed by atoms with Crippen LogP contribution in [-0.4, -0.2) is 17.1 Å². The summed E-state index contributed by atoms with van der Waals surface area (Å²) in [5, 5.41) is 9.01. The summed E-state index contributed by atoms with van der Waals surface area (Å²) < 4.78 is 5.42. The van der Waals surface area contributed by atoms with Crippen LogP contribution in [0.15, 0.2) is 12.3 Å². The van der Waals surface area contributed by atoms with Gasteiger partial charge in [-0.3, -0.25) is 0 Å². The molecule has 0 saturated carbocycles. The zero-order valence-corrected chi connectivity index (χ0v) is 10.1. The summed E-state index contributed by atoms with van der Waals surface area (Å²) in [5.41, 5.74) is 5.85. The minimum Gasteiger partial charge on any atom is -0.475 e. The molecule has 86 valence electrons. The van der Waals surface area contributed by atoms with Crippen molar-refractivity contribution in [2.45, 2.75) is 25.8 Å². The number of nitrogens with two attached hydrogens (primary N) is 1. The molecule has 0 saturated heterocycles. The molecule has 0 radical (unpaired) electrons. The second-order valence-corrected chi connectivity index (χ2v) is 4.26. The van der Waals surface area contributed by atoms with Gasteiger partial charge in [-0.05, 0) is 19.4 Å². The van der Waals surface area contributed by atoms with Crippen LogP contribution in [0.4, 0.5) is 0 Å². The van der Waals surface area contributed by atoms with E-state index in [9.17, 15) is 0 Å². The minimum absolute atomic E-state index is 0.233. The van der Waals surface area contributed by atoms with Crippen LogP contribution in [0.5, 0.6) is 5.88 Å². The lowest BCUT2D eigenvalue weighted by Crippen LogP contribution is -2.41. The van der Waals surface area contributed by atoms with E-state index in [0.29, 0.717) is 12.2 Å². The standard InChI is InChI=1S/C11H14ClN3O/c1-3-11(2,14)7-16-10-9(12)8(6-13)4-5-15-10/h4-5H,3,7,14H2,1-2H3. The first-order valence-corrected chi connectivity index (χ1v) is 5.34. The Morgan fingerprint density at radius 3 is 2.94 bits per heavy atom. The fourth-order valence-electron chi connectivity index (χ4n) is 0.947. The maximum Gasteiger partial charge on any atom is 0.233 e. The van der Waals surface area contributed by atoms with Gasteiger partial charge in [0.25, 0.3) is 0 Å². The Kier molecular flexibility index (Phi) is 4.11. The van der Waals surface area contributed by atoms with E-state index in [0.717, 1.165) is 6.42 Å². The van der Waals surface area contributed by atoms with Gasteiger partial charge in [-0.15, -0.1) is 0 Å². The molecular formula is C11H14ClN3O. The van der Waals surface area contributed by atoms with Gasteiger partial charge in [0.2, 0.25) is 5.88 Å². The van der Waals surface area contributed by atoms with Gasteiger partial charge >= 0.3 is 0 Å². The largest absolute Gasteiger partial charge is 0.475 e. The molecule has 16 heavy (non-hydrogen) atoms. The molecule has 0 aliphatic heterocycles. The Hall–Kier alpha value is -1.31. The van der Waals surface area contributed by atoms with E-state index in [1.165, 1.54) is 12.3 Å². The molecule has 0 aromatic carbocycles. The van der Waals surface area contributed by atoms with E-state index in [-0.39, 0.29) is 10.9 Å². The summed E-state index contributed by atoms with van der Waals surface area (Å²) in [4.78, 5) is 3.96. The average Bonchev–Trinajstić information content (AvgIpc) is 2.28. The lowest BCUT2D eigenvalue weighted by Gasteiger charge is -2.22. The van der Waals surface area contributed by atoms with E-state index < -0.39 is 5.54 Å². The topological polar surface area (TPSA) is 71.9 Å². The molecule has 0 amide bonds. The maximum atomic E-state index is 8.77. The van der Waals surface area contributed by atoms with Crippen molar-refractivity contribution >= 4 is 11.6 Å². The van der Waals surface area contributed by atoms with Gasteiger partial charge in [0.1, 0.15) is 17.7 Å². The van der Waals surface area contributed by atoms with E-state index in [1.54, 1.807) is 0 Å². The number of nitriles is 1. The van der Waals surface area contributed by atoms with Crippen molar-refractivity contribution in [2.24, 2.45) is 5.73 Å². The highest BCUT2D eigenvalue weighted by Gasteiger charge is 2.18. The number of halogens is 1. The van der Waals surface area contributed by atoms with Crippen molar-refractivity contribution in [2.75, 3.05) is 6.61 Å². The van der Waals surface area contributed by atoms with Crippen LogP contribution in [-0.2, 0) is 0 Å². The normalized spacial score (nSPS) is 13.9. The molecule has 4 nitrogen and oxygen atoms in total. The first kappa shape index (κ1) is 12.8. The Bertz CT molecular complexity index is 412. The van der Waals surface area contributed by atoms with Crippen molar-refractivity contribution in [3.8, 4) is 11.9 Å². The van der Waals surface area contributed by atoms with Crippen LogP contribution >= 0.6 is 11.6 Å². The first-order chi connectivity index (χ1) is 7.50. The van der Waals surface area contributed by atoms with Crippen molar-refractivity contribution in [3.05, 3.63) is 22.8 Å². The van der Waals surface area contributed by atoms with Gasteiger partial charge in [0, 0.05) is 11.7 Å². The summed E-state index contributed by atoms with van der Waals surface area (Å²) in [7, 11) is 0. The van der Waals surface area contributed by atoms with Gasteiger partial charge in [-0.1, -0.05) is 18.5 Å². The smallest absolute Gasteiger partial charge is 0.233 e. The summed E-state index contributed by atoms with van der Waals surface area (Å²) in [6.07, 6.45) is 2.27. The molecule has 0 aliphatic carbocycles. The van der Waals surface area contributed by atoms with Crippen LogP contribution in [0, 0.1) is 11.3 Å². The number of nitrogens with zero attached hydrogens (tertiary/aromatic N) is 2. The molecule has 2 N–H and O–H groups in total. The number of pyridine rings is 1. The molecule has 1 rings (SSSR count). The monoisotopic (exact) mass is 239 g/mol. The van der Waals surface area contributed by atoms with Crippen LogP contribution < -0.4 is 10.5 Å². The maximum absolute atomic E-state index is 8.77. The third kappa shape index (κ3) is 3.09. The molecule has 1 atom stereocenters. The van der Waals surface area contributed by atoms with Crippen LogP contribution in [0.1, 0.15) is 25.8 Å². The van der Waals surface area contributed by atoms with E-state index in [4.69, 9.17) is 27.3 Å². The summed E-state index contributed by atoms with van der Waals surface area (Å²) in [6, 6.07) is 3.50. The van der Waals surface area contributed by atoms with Gasteiger partial charge in [-0.25, -0.2) is 4.98 Å². The van der Waals surface area contributed by atoms with Crippen molar-refractivity contribution < 1.29 is 4.74 Å². The van der Waals surface area contributed by atoms with E-state index in [2.05, 4.69) is 4.98 Å². The second-order valence-electron chi connectivity index (χ2n) is 3.89. The molecule has 1 heterocycles. The highest BCUT2D eigenvalue weighted by atomic mass is 35.5. The van der Waals surface area contributed by atoms with E-state index >= 15 is 0 Å². The SMILES string of the molecule is CCC(C)(N)COc1nccc(C#N)c1Cl. The second kappa shape index (κ2) is 5.15. The lowest BCUT2D eigenvalue weighted by molar-refractivity contribution is 0.219. The molecule has 0 bridgehead atoms. The Balaban J connectivity index is 2.80. The molecule has 0 fully saturated rings. The zero-order valence-electron chi connectivity index (χ0n) is 9.33. The van der Waals surface area contributed by atoms with Gasteiger partial charge < -0.3 is 10.5 Å². The lowest BCUT2D eigenvalue weighted by atomic mass is 10.0. The highest BCUT2D eigenvalue weighted by Crippen LogP contribution is 2.25. The van der Waals surface area contributed by atoms with Gasteiger partial charge in [0.05, 0.1) is 5.56 Å². The first-order valence-electron chi connectivity index (χ1n) is 4.96. The molecule has 0 aliphatic rings. The molecule has 1 aromatic heterocycles. The summed E-state index contributed by atoms with van der Waals surface area (Å²) >= 11 is 5.93. The van der Waals surface area contributed by atoms with Crippen molar-refractivity contribution in [3.63, 3.8) is 0 Å². The number of aromatic nitrogens is 1. The number of rotatable bonds is 4. The molecule has 1 aromatic rings. The Morgan fingerprint density at radius 2 is 2.38 bits per heavy atom. The third-order valence-electron chi connectivity index (χ3n) is 2.32. The Labute approximate surface area is 100.0 Å². The number of hydrogen-bond donors (Lipinski definition) is 1. The van der Waals surface area contributed by atoms with Crippen LogP contribution in [0.25, 0.3) is 0 Å². The highest BCUT2D eigenvalue weighted by molar-refractivity contribution is 6.32. The van der Waals surface area contributed by atoms with E-state index in [1.807, 2.05) is 19.9 Å². The Morgan fingerprint density at radius 1 is 1.69 bits per heavy atom. The summed E-state index contributed by atoms with van der Waals surface area (Å²) in [5.74, 6) is 0.255. The van der Waals surface area contributed by atoms with Crippen molar-refractivity contribution in [1.82, 2.24) is 4.98 Å². The predicted octanol–water partition coefficient (Wildman–Crippen LogP) is 2.11. The third-order valence-corrected chi connectivity index (χ3v) is 2.69. The molecular weight excluding hydrogens is 226 g/mol. The van der Waals surface area contributed by atoms with Gasteiger partial charge in [-0.2, -0.15) is 5.26 Å². The number of hydrogen-bond acceptors (Lipinski definition) is 4. The predicted molar refractivity (Wildman–Crippen MR) is 62.3 cm³/mol.